The smallest absolute Gasteiger partial charge is 0.244 e. The number of sulfonamides is 1. The van der Waals surface area contributed by atoms with Crippen molar-refractivity contribution < 1.29 is 8.42 Å². The Kier molecular flexibility index (Phi) is 4.72. The lowest BCUT2D eigenvalue weighted by Gasteiger charge is -2.06. The van der Waals surface area contributed by atoms with E-state index in [1.807, 2.05) is 32.4 Å². The number of rotatable bonds is 6. The number of nitrogens with zero attached hydrogens (tertiary/aromatic N) is 4. The first kappa shape index (κ1) is 16.7. The second kappa shape index (κ2) is 6.21. The summed E-state index contributed by atoms with van der Waals surface area (Å²) in [7, 11) is -3.58. The normalized spacial score (nSPS) is 12.0. The molecule has 0 unspecified atom stereocenters. The molecule has 122 valence electrons. The van der Waals surface area contributed by atoms with Crippen molar-refractivity contribution in [1.29, 1.82) is 0 Å². The highest BCUT2D eigenvalue weighted by Crippen LogP contribution is 2.16. The highest BCUT2D eigenvalue weighted by molar-refractivity contribution is 7.89. The van der Waals surface area contributed by atoms with E-state index < -0.39 is 10.0 Å². The molecule has 1 N–H and O–H groups in total. The summed E-state index contributed by atoms with van der Waals surface area (Å²) in [6.07, 6.45) is 1.56. The van der Waals surface area contributed by atoms with Gasteiger partial charge in [0, 0.05) is 37.1 Å². The molecule has 0 fully saturated rings. The van der Waals surface area contributed by atoms with Gasteiger partial charge in [-0.3, -0.25) is 9.36 Å². The molecule has 7 nitrogen and oxygen atoms in total. The molecule has 0 aliphatic rings. The van der Waals surface area contributed by atoms with Gasteiger partial charge in [0.1, 0.15) is 4.90 Å². The predicted octanol–water partition coefficient (Wildman–Crippen LogP) is 1.52. The lowest BCUT2D eigenvalue weighted by molar-refractivity contribution is 0.580. The van der Waals surface area contributed by atoms with Gasteiger partial charge in [-0.15, -0.1) is 0 Å². The van der Waals surface area contributed by atoms with E-state index in [0.29, 0.717) is 12.2 Å². The average Bonchev–Trinajstić information content (AvgIpc) is 2.98. The zero-order valence-electron chi connectivity index (χ0n) is 13.7. The number of aryl methyl sites for hydroxylation is 4. The zero-order chi connectivity index (χ0) is 16.5. The Hall–Kier alpha value is -1.67. The minimum Gasteiger partial charge on any atom is -0.271 e. The van der Waals surface area contributed by atoms with Crippen molar-refractivity contribution in [1.82, 2.24) is 24.3 Å². The Labute approximate surface area is 131 Å². The van der Waals surface area contributed by atoms with Gasteiger partial charge in [-0.05, 0) is 34.6 Å². The molecule has 2 rings (SSSR count). The van der Waals surface area contributed by atoms with E-state index >= 15 is 0 Å². The molecular formula is C14H23N5O2S. The summed E-state index contributed by atoms with van der Waals surface area (Å²) in [4.78, 5) is 0.229. The Morgan fingerprint density at radius 2 is 1.77 bits per heavy atom. The van der Waals surface area contributed by atoms with Crippen molar-refractivity contribution in [3.63, 3.8) is 0 Å². The zero-order valence-corrected chi connectivity index (χ0v) is 14.5. The lowest BCUT2D eigenvalue weighted by atomic mass is 10.2. The second-order valence-electron chi connectivity index (χ2n) is 5.22. The van der Waals surface area contributed by atoms with E-state index in [1.165, 1.54) is 0 Å². The maximum Gasteiger partial charge on any atom is 0.244 e. The lowest BCUT2D eigenvalue weighted by Crippen LogP contribution is -2.24. The molecule has 0 radical (unpaired) electrons. The van der Waals surface area contributed by atoms with Crippen LogP contribution >= 0.6 is 0 Å². The van der Waals surface area contributed by atoms with Gasteiger partial charge in [0.25, 0.3) is 0 Å². The van der Waals surface area contributed by atoms with Gasteiger partial charge in [0.15, 0.2) is 0 Å². The van der Waals surface area contributed by atoms with Gasteiger partial charge in [-0.2, -0.15) is 10.2 Å². The molecule has 2 heterocycles. The Morgan fingerprint density at radius 1 is 1.09 bits per heavy atom. The van der Waals surface area contributed by atoms with Crippen molar-refractivity contribution in [3.05, 3.63) is 28.8 Å². The topological polar surface area (TPSA) is 81.8 Å². The summed E-state index contributed by atoms with van der Waals surface area (Å²) < 4.78 is 31.1. The molecule has 0 saturated carbocycles. The van der Waals surface area contributed by atoms with Crippen LogP contribution < -0.4 is 4.72 Å². The first-order valence-corrected chi connectivity index (χ1v) is 8.85. The van der Waals surface area contributed by atoms with Crippen molar-refractivity contribution in [3.8, 4) is 0 Å². The van der Waals surface area contributed by atoms with Crippen LogP contribution in [0.3, 0.4) is 0 Å². The molecule has 0 bridgehead atoms. The molecule has 0 aromatic carbocycles. The average molecular weight is 325 g/mol. The van der Waals surface area contributed by atoms with E-state index in [2.05, 4.69) is 14.9 Å². The van der Waals surface area contributed by atoms with Crippen LogP contribution in [0.1, 0.15) is 36.5 Å². The summed E-state index contributed by atoms with van der Waals surface area (Å²) in [5, 5.41) is 8.59. The Balaban J connectivity index is 2.23. The van der Waals surface area contributed by atoms with Crippen molar-refractivity contribution >= 4 is 10.0 Å². The van der Waals surface area contributed by atoms with Crippen LogP contribution in [-0.4, -0.2) is 28.0 Å². The molecule has 0 aliphatic heterocycles. The highest BCUT2D eigenvalue weighted by atomic mass is 32.2. The van der Waals surface area contributed by atoms with E-state index in [0.717, 1.165) is 23.5 Å². The van der Waals surface area contributed by atoms with Gasteiger partial charge in [0.05, 0.1) is 11.4 Å². The van der Waals surface area contributed by atoms with E-state index in [-0.39, 0.29) is 11.4 Å². The number of aromatic nitrogens is 4. The molecule has 0 saturated heterocycles. The van der Waals surface area contributed by atoms with E-state index in [1.54, 1.807) is 17.8 Å². The molecule has 2 aromatic rings. The molecule has 22 heavy (non-hydrogen) atoms. The third-order valence-corrected chi connectivity index (χ3v) is 5.29. The SMILES string of the molecule is CCn1cc(S(=O)(=O)NCc2c(C)nn(CC)c2C)c(C)n1. The minimum absolute atomic E-state index is 0.229. The van der Waals surface area contributed by atoms with Crippen LogP contribution in [0, 0.1) is 20.8 Å². The maximum absolute atomic E-state index is 12.5. The van der Waals surface area contributed by atoms with Crippen LogP contribution in [0.4, 0.5) is 0 Å². The summed E-state index contributed by atoms with van der Waals surface area (Å²) in [6, 6.07) is 0. The molecule has 0 amide bonds. The first-order chi connectivity index (χ1) is 10.3. The summed E-state index contributed by atoms with van der Waals surface area (Å²) in [5.74, 6) is 0. The Bertz CT molecular complexity index is 773. The van der Waals surface area contributed by atoms with Crippen LogP contribution in [0.5, 0.6) is 0 Å². The van der Waals surface area contributed by atoms with E-state index in [9.17, 15) is 8.42 Å². The summed E-state index contributed by atoms with van der Waals surface area (Å²) in [6.45, 7) is 11.1. The highest BCUT2D eigenvalue weighted by Gasteiger charge is 2.21. The van der Waals surface area contributed by atoms with Crippen molar-refractivity contribution in [2.24, 2.45) is 0 Å². The van der Waals surface area contributed by atoms with Crippen LogP contribution in [0.2, 0.25) is 0 Å². The Morgan fingerprint density at radius 3 is 2.27 bits per heavy atom. The minimum atomic E-state index is -3.58. The van der Waals surface area contributed by atoms with Crippen molar-refractivity contribution in [2.45, 2.75) is 59.1 Å². The monoisotopic (exact) mass is 325 g/mol. The fourth-order valence-electron chi connectivity index (χ4n) is 2.47. The number of hydrogen-bond donors (Lipinski definition) is 1. The molecule has 0 aliphatic carbocycles. The van der Waals surface area contributed by atoms with Gasteiger partial charge in [-0.25, -0.2) is 13.1 Å². The van der Waals surface area contributed by atoms with E-state index in [4.69, 9.17) is 0 Å². The molecule has 2 aromatic heterocycles. The number of hydrogen-bond acceptors (Lipinski definition) is 4. The molecule has 0 spiro atoms. The third kappa shape index (κ3) is 3.07. The van der Waals surface area contributed by atoms with Crippen LogP contribution in [0.25, 0.3) is 0 Å². The summed E-state index contributed by atoms with van der Waals surface area (Å²) >= 11 is 0. The first-order valence-electron chi connectivity index (χ1n) is 7.36. The van der Waals surface area contributed by atoms with Crippen LogP contribution in [0.15, 0.2) is 11.1 Å². The predicted molar refractivity (Wildman–Crippen MR) is 84.0 cm³/mol. The summed E-state index contributed by atoms with van der Waals surface area (Å²) in [5.41, 5.74) is 3.27. The van der Waals surface area contributed by atoms with Gasteiger partial charge < -0.3 is 0 Å². The second-order valence-corrected chi connectivity index (χ2v) is 6.96. The van der Waals surface area contributed by atoms with Gasteiger partial charge >= 0.3 is 0 Å². The number of nitrogens with one attached hydrogen (secondary N) is 1. The molecule has 8 heteroatoms. The molecule has 0 atom stereocenters. The third-order valence-electron chi connectivity index (χ3n) is 3.78. The van der Waals surface area contributed by atoms with Crippen LogP contribution in [-0.2, 0) is 29.7 Å². The van der Waals surface area contributed by atoms with Gasteiger partial charge in [-0.1, -0.05) is 0 Å². The van der Waals surface area contributed by atoms with Gasteiger partial charge in [0.2, 0.25) is 10.0 Å². The standard InChI is InChI=1S/C14H23N5O2S/c1-6-18-9-14(11(4)16-18)22(20,21)15-8-13-10(3)17-19(7-2)12(13)5/h9,15H,6-8H2,1-5H3. The fraction of sp³-hybridized carbons (Fsp3) is 0.571. The van der Waals surface area contributed by atoms with Crippen molar-refractivity contribution in [2.75, 3.05) is 0 Å². The maximum atomic E-state index is 12.5. The molecular weight excluding hydrogens is 302 g/mol. The quantitative estimate of drug-likeness (QED) is 0.873. The largest absolute Gasteiger partial charge is 0.271 e. The fourth-order valence-corrected chi connectivity index (χ4v) is 3.65.